The summed E-state index contributed by atoms with van der Waals surface area (Å²) in [4.78, 5) is 24.0. The van der Waals surface area contributed by atoms with Gasteiger partial charge >= 0.3 is 5.97 Å². The number of nitriles is 1. The summed E-state index contributed by atoms with van der Waals surface area (Å²) in [5, 5.41) is 12.0. The number of halogens is 1. The zero-order valence-electron chi connectivity index (χ0n) is 14.8. The molecule has 2 aromatic carbocycles. The molecule has 138 valence electrons. The third-order valence-corrected chi connectivity index (χ3v) is 3.92. The van der Waals surface area contributed by atoms with Gasteiger partial charge < -0.3 is 14.8 Å². The topological polar surface area (TPSA) is 88.4 Å². The van der Waals surface area contributed by atoms with Crippen LogP contribution in [0.3, 0.4) is 0 Å². The normalized spacial score (nSPS) is 10.7. The Labute approximate surface area is 165 Å². The van der Waals surface area contributed by atoms with Crippen LogP contribution in [0.2, 0.25) is 0 Å². The molecule has 0 aliphatic heterocycles. The zero-order chi connectivity index (χ0) is 19.8. The lowest BCUT2D eigenvalue weighted by Crippen LogP contribution is -2.13. The molecule has 0 aliphatic rings. The van der Waals surface area contributed by atoms with Gasteiger partial charge in [-0.25, -0.2) is 4.79 Å². The molecule has 2 rings (SSSR count). The van der Waals surface area contributed by atoms with E-state index in [0.29, 0.717) is 22.6 Å². The van der Waals surface area contributed by atoms with E-state index in [9.17, 15) is 14.9 Å². The van der Waals surface area contributed by atoms with Gasteiger partial charge in [0.05, 0.1) is 19.3 Å². The number of esters is 1. The molecule has 7 heteroatoms. The Morgan fingerprint density at radius 1 is 1.22 bits per heavy atom. The first kappa shape index (κ1) is 20.2. The molecule has 0 unspecified atom stereocenters. The molecule has 0 saturated carbocycles. The van der Waals surface area contributed by atoms with E-state index in [0.717, 1.165) is 4.47 Å². The molecule has 0 radical (unpaired) electrons. The number of hydrogen-bond donors (Lipinski definition) is 1. The van der Waals surface area contributed by atoms with E-state index >= 15 is 0 Å². The zero-order valence-corrected chi connectivity index (χ0v) is 16.4. The van der Waals surface area contributed by atoms with Crippen LogP contribution in [0.1, 0.15) is 22.8 Å². The summed E-state index contributed by atoms with van der Waals surface area (Å²) >= 11 is 3.36. The van der Waals surface area contributed by atoms with Crippen LogP contribution in [0.4, 0.5) is 5.69 Å². The summed E-state index contributed by atoms with van der Waals surface area (Å²) in [7, 11) is 1.53. The minimum absolute atomic E-state index is 0.0652. The van der Waals surface area contributed by atoms with Crippen LogP contribution in [0.25, 0.3) is 6.08 Å². The maximum Gasteiger partial charge on any atom is 0.338 e. The van der Waals surface area contributed by atoms with Gasteiger partial charge in [0.2, 0.25) is 0 Å². The van der Waals surface area contributed by atoms with Gasteiger partial charge in [-0.2, -0.15) is 5.26 Å². The second-order valence-electron chi connectivity index (χ2n) is 5.35. The highest BCUT2D eigenvalue weighted by molar-refractivity contribution is 9.10. The lowest BCUT2D eigenvalue weighted by atomic mass is 10.1. The van der Waals surface area contributed by atoms with E-state index in [1.165, 1.54) is 13.2 Å². The Kier molecular flexibility index (Phi) is 7.15. The van der Waals surface area contributed by atoms with Crippen molar-refractivity contribution >= 4 is 39.6 Å². The molecule has 0 bridgehead atoms. The van der Waals surface area contributed by atoms with E-state index in [1.54, 1.807) is 49.4 Å². The van der Waals surface area contributed by atoms with Gasteiger partial charge in [0, 0.05) is 10.2 Å². The Balaban J connectivity index is 2.17. The predicted molar refractivity (Wildman–Crippen MR) is 105 cm³/mol. The van der Waals surface area contributed by atoms with Gasteiger partial charge in [0.15, 0.2) is 0 Å². The van der Waals surface area contributed by atoms with Crippen molar-refractivity contribution in [3.05, 3.63) is 63.6 Å². The van der Waals surface area contributed by atoms with Gasteiger partial charge in [-0.3, -0.25) is 4.79 Å². The third kappa shape index (κ3) is 5.69. The van der Waals surface area contributed by atoms with E-state index < -0.39 is 11.9 Å². The van der Waals surface area contributed by atoms with Crippen LogP contribution in [-0.4, -0.2) is 25.6 Å². The first-order chi connectivity index (χ1) is 13.0. The molecular formula is C20H17BrN2O4. The molecule has 6 nitrogen and oxygen atoms in total. The number of benzene rings is 2. The average molecular weight is 429 g/mol. The molecule has 0 spiro atoms. The predicted octanol–water partition coefficient (Wildman–Crippen LogP) is 4.18. The summed E-state index contributed by atoms with van der Waals surface area (Å²) in [5.41, 5.74) is 1.42. The molecule has 1 N–H and O–H groups in total. The van der Waals surface area contributed by atoms with E-state index in [4.69, 9.17) is 9.47 Å². The number of anilines is 1. The van der Waals surface area contributed by atoms with Crippen molar-refractivity contribution in [2.24, 2.45) is 0 Å². The largest absolute Gasteiger partial charge is 0.497 e. The number of rotatable bonds is 6. The summed E-state index contributed by atoms with van der Waals surface area (Å²) in [6.07, 6.45) is 1.47. The fraction of sp³-hybridized carbons (Fsp3) is 0.150. The molecule has 0 heterocycles. The summed E-state index contributed by atoms with van der Waals surface area (Å²) < 4.78 is 10.8. The molecule has 2 aromatic rings. The Hall–Kier alpha value is -3.11. The highest BCUT2D eigenvalue weighted by Crippen LogP contribution is 2.23. The average Bonchev–Trinajstić information content (AvgIpc) is 2.66. The highest BCUT2D eigenvalue weighted by atomic mass is 79.9. The molecule has 1 amide bonds. The van der Waals surface area contributed by atoms with Crippen molar-refractivity contribution in [2.45, 2.75) is 6.92 Å². The van der Waals surface area contributed by atoms with Crippen molar-refractivity contribution in [1.29, 1.82) is 5.26 Å². The van der Waals surface area contributed by atoms with Crippen LogP contribution in [0, 0.1) is 11.3 Å². The Morgan fingerprint density at radius 2 is 1.93 bits per heavy atom. The number of ether oxygens (including phenoxy) is 2. The van der Waals surface area contributed by atoms with Crippen LogP contribution < -0.4 is 10.1 Å². The van der Waals surface area contributed by atoms with E-state index in [-0.39, 0.29) is 12.2 Å². The second kappa shape index (κ2) is 9.55. The monoisotopic (exact) mass is 428 g/mol. The van der Waals surface area contributed by atoms with Gasteiger partial charge in [-0.15, -0.1) is 0 Å². The van der Waals surface area contributed by atoms with Crippen LogP contribution in [0.15, 0.2) is 52.5 Å². The minimum Gasteiger partial charge on any atom is -0.497 e. The summed E-state index contributed by atoms with van der Waals surface area (Å²) in [6.45, 7) is 2.01. The van der Waals surface area contributed by atoms with Crippen molar-refractivity contribution in [3.63, 3.8) is 0 Å². The summed E-state index contributed by atoms with van der Waals surface area (Å²) in [5.74, 6) is -0.389. The van der Waals surface area contributed by atoms with E-state index in [1.807, 2.05) is 6.07 Å². The standard InChI is InChI=1S/C20H17BrN2O4/c1-3-27-20(25)14-4-6-17(7-5-14)23-19(24)15(12-22)8-13-9-16(21)11-18(10-13)26-2/h4-11H,3H2,1-2H3,(H,23,24)/b15-8+. The minimum atomic E-state index is -0.555. The van der Waals surface area contributed by atoms with Crippen molar-refractivity contribution in [2.75, 3.05) is 19.0 Å². The van der Waals surface area contributed by atoms with Gasteiger partial charge in [0.1, 0.15) is 17.4 Å². The number of amides is 1. The van der Waals surface area contributed by atoms with Gasteiger partial charge in [0.25, 0.3) is 5.91 Å². The molecule has 0 atom stereocenters. The Morgan fingerprint density at radius 3 is 2.52 bits per heavy atom. The fourth-order valence-corrected chi connectivity index (χ4v) is 2.69. The number of methoxy groups -OCH3 is 1. The number of nitrogens with zero attached hydrogens (tertiary/aromatic N) is 1. The quantitative estimate of drug-likeness (QED) is 0.423. The maximum absolute atomic E-state index is 12.4. The SMILES string of the molecule is CCOC(=O)c1ccc(NC(=O)/C(C#N)=C/c2cc(Br)cc(OC)c2)cc1. The van der Waals surface area contributed by atoms with Crippen LogP contribution in [-0.2, 0) is 9.53 Å². The highest BCUT2D eigenvalue weighted by Gasteiger charge is 2.11. The molecule has 0 fully saturated rings. The van der Waals surface area contributed by atoms with Crippen molar-refractivity contribution in [3.8, 4) is 11.8 Å². The number of carbonyl (C=O) groups is 2. The first-order valence-electron chi connectivity index (χ1n) is 8.01. The third-order valence-electron chi connectivity index (χ3n) is 3.46. The first-order valence-corrected chi connectivity index (χ1v) is 8.81. The number of carbonyl (C=O) groups excluding carboxylic acids is 2. The summed E-state index contributed by atoms with van der Waals surface area (Å²) in [6, 6.07) is 13.4. The van der Waals surface area contributed by atoms with Crippen LogP contribution >= 0.6 is 15.9 Å². The van der Waals surface area contributed by atoms with E-state index in [2.05, 4.69) is 21.2 Å². The Bertz CT molecular complexity index is 915. The number of nitrogens with one attached hydrogen (secondary N) is 1. The molecule has 0 aromatic heterocycles. The molecular weight excluding hydrogens is 412 g/mol. The van der Waals surface area contributed by atoms with Crippen molar-refractivity contribution in [1.82, 2.24) is 0 Å². The molecule has 0 aliphatic carbocycles. The second-order valence-corrected chi connectivity index (χ2v) is 6.26. The fourth-order valence-electron chi connectivity index (χ4n) is 2.20. The molecule has 0 saturated heterocycles. The van der Waals surface area contributed by atoms with Gasteiger partial charge in [-0.1, -0.05) is 15.9 Å². The van der Waals surface area contributed by atoms with Gasteiger partial charge in [-0.05, 0) is 61.0 Å². The lowest BCUT2D eigenvalue weighted by molar-refractivity contribution is -0.112. The smallest absolute Gasteiger partial charge is 0.338 e. The number of hydrogen-bond acceptors (Lipinski definition) is 5. The lowest BCUT2D eigenvalue weighted by Gasteiger charge is -2.07. The van der Waals surface area contributed by atoms with Crippen LogP contribution in [0.5, 0.6) is 5.75 Å². The molecule has 27 heavy (non-hydrogen) atoms. The van der Waals surface area contributed by atoms with Crippen molar-refractivity contribution < 1.29 is 19.1 Å². The maximum atomic E-state index is 12.4.